The number of hydrogen-bond donors (Lipinski definition) is 2. The van der Waals surface area contributed by atoms with Crippen molar-refractivity contribution in [3.8, 4) is 22.6 Å². The molecule has 6 aromatic carbocycles. The van der Waals surface area contributed by atoms with Crippen molar-refractivity contribution < 1.29 is 4.42 Å². The van der Waals surface area contributed by atoms with Gasteiger partial charge in [0.05, 0.1) is 0 Å². The Morgan fingerprint density at radius 2 is 1.21 bits per heavy atom. The lowest BCUT2D eigenvalue weighted by Crippen LogP contribution is -2.24. The highest BCUT2D eigenvalue weighted by Crippen LogP contribution is 2.39. The summed E-state index contributed by atoms with van der Waals surface area (Å²) >= 11 is 0. The lowest BCUT2D eigenvalue weighted by atomic mass is 9.87. The Hall–Kier alpha value is -5.22. The van der Waals surface area contributed by atoms with Crippen LogP contribution < -0.4 is 5.32 Å². The summed E-state index contributed by atoms with van der Waals surface area (Å²) in [7, 11) is 0. The summed E-state index contributed by atoms with van der Waals surface area (Å²) in [4.78, 5) is 4.66. The number of hydrogen-bond acceptors (Lipinski definition) is 3. The van der Waals surface area contributed by atoms with Gasteiger partial charge >= 0.3 is 0 Å². The zero-order valence-corrected chi connectivity index (χ0v) is 21.2. The summed E-state index contributed by atoms with van der Waals surface area (Å²) < 4.78 is 6.01. The standard InChI is InChI=1S/C35H25N3O/c36-34(37-22-23-10-2-1-3-11-23)33-29-15-7-5-13-27(29)26-12-4-6-14-28(26)32(33)24-18-20-25(21-19-24)35-38-30-16-8-9-17-31(30)39-35/h1-21H,22H2,(H2,36,37). The lowest BCUT2D eigenvalue weighted by Gasteiger charge is -2.19. The summed E-state index contributed by atoms with van der Waals surface area (Å²) in [6.45, 7) is 0.580. The Labute approximate surface area is 226 Å². The molecule has 7 aromatic rings. The highest BCUT2D eigenvalue weighted by Gasteiger charge is 2.19. The molecule has 0 spiro atoms. The van der Waals surface area contributed by atoms with Gasteiger partial charge < -0.3 is 9.73 Å². The Morgan fingerprint density at radius 1 is 0.615 bits per heavy atom. The van der Waals surface area contributed by atoms with E-state index in [1.165, 1.54) is 5.39 Å². The first-order chi connectivity index (χ1) is 19.3. The number of nitrogens with one attached hydrogen (secondary N) is 2. The molecule has 1 aromatic heterocycles. The molecule has 0 fully saturated rings. The quantitative estimate of drug-likeness (QED) is 0.140. The molecular formula is C35H25N3O. The molecule has 0 atom stereocenters. The highest BCUT2D eigenvalue weighted by atomic mass is 16.3. The smallest absolute Gasteiger partial charge is 0.227 e. The van der Waals surface area contributed by atoms with E-state index in [1.54, 1.807) is 0 Å². The Kier molecular flexibility index (Phi) is 5.64. The van der Waals surface area contributed by atoms with E-state index >= 15 is 0 Å². The van der Waals surface area contributed by atoms with Gasteiger partial charge in [0, 0.05) is 23.2 Å². The number of benzene rings is 6. The molecule has 0 aliphatic carbocycles. The minimum Gasteiger partial charge on any atom is -0.436 e. The molecule has 0 unspecified atom stereocenters. The first-order valence-corrected chi connectivity index (χ1v) is 13.0. The maximum atomic E-state index is 9.23. The normalized spacial score (nSPS) is 11.3. The zero-order chi connectivity index (χ0) is 26.2. The van der Waals surface area contributed by atoms with E-state index in [1.807, 2.05) is 48.5 Å². The second-order valence-corrected chi connectivity index (χ2v) is 9.62. The molecule has 0 radical (unpaired) electrons. The molecular weight excluding hydrogens is 478 g/mol. The van der Waals surface area contributed by atoms with Crippen LogP contribution in [0.15, 0.2) is 132 Å². The Balaban J connectivity index is 1.38. The summed E-state index contributed by atoms with van der Waals surface area (Å²) in [5.41, 5.74) is 6.65. The highest BCUT2D eigenvalue weighted by molar-refractivity contribution is 6.24. The van der Waals surface area contributed by atoms with Gasteiger partial charge in [0.1, 0.15) is 11.4 Å². The largest absolute Gasteiger partial charge is 0.436 e. The topological polar surface area (TPSA) is 61.9 Å². The van der Waals surface area contributed by atoms with Crippen LogP contribution >= 0.6 is 0 Å². The summed E-state index contributed by atoms with van der Waals surface area (Å²) in [5.74, 6) is 1.00. The molecule has 2 N–H and O–H groups in total. The van der Waals surface area contributed by atoms with Crippen LogP contribution in [0.2, 0.25) is 0 Å². The maximum Gasteiger partial charge on any atom is 0.227 e. The van der Waals surface area contributed by atoms with Gasteiger partial charge in [-0.05, 0) is 56.9 Å². The van der Waals surface area contributed by atoms with E-state index in [0.717, 1.165) is 55.1 Å². The van der Waals surface area contributed by atoms with Gasteiger partial charge in [0.15, 0.2) is 5.58 Å². The van der Waals surface area contributed by atoms with E-state index in [4.69, 9.17) is 4.42 Å². The van der Waals surface area contributed by atoms with E-state index in [-0.39, 0.29) is 0 Å². The maximum absolute atomic E-state index is 9.23. The van der Waals surface area contributed by atoms with Gasteiger partial charge in [-0.1, -0.05) is 103 Å². The van der Waals surface area contributed by atoms with E-state index in [9.17, 15) is 5.41 Å². The zero-order valence-electron chi connectivity index (χ0n) is 21.2. The predicted octanol–water partition coefficient (Wildman–Crippen LogP) is 8.58. The van der Waals surface area contributed by atoms with Crippen molar-refractivity contribution >= 4 is 38.5 Å². The number of para-hydroxylation sites is 2. The number of amidine groups is 1. The molecule has 39 heavy (non-hydrogen) atoms. The average Bonchev–Trinajstić information content (AvgIpc) is 3.44. The molecule has 0 aliphatic heterocycles. The van der Waals surface area contributed by atoms with Gasteiger partial charge in [0.2, 0.25) is 5.89 Å². The third-order valence-electron chi connectivity index (χ3n) is 7.21. The third kappa shape index (κ3) is 4.12. The molecule has 0 amide bonds. The summed E-state index contributed by atoms with van der Waals surface area (Å²) in [6.07, 6.45) is 0. The van der Waals surface area contributed by atoms with Gasteiger partial charge in [0.25, 0.3) is 0 Å². The fourth-order valence-electron chi connectivity index (χ4n) is 5.35. The second kappa shape index (κ2) is 9.58. The molecule has 1 heterocycles. The van der Waals surface area contributed by atoms with Crippen molar-refractivity contribution in [2.45, 2.75) is 6.54 Å². The SMILES string of the molecule is N=C(NCc1ccccc1)c1c(-c2ccc(-c3nc4ccccc4o3)cc2)c2ccccc2c2ccccc12. The predicted molar refractivity (Wildman–Crippen MR) is 160 cm³/mol. The molecule has 4 heteroatoms. The van der Waals surface area contributed by atoms with Crippen LogP contribution in [0.25, 0.3) is 55.2 Å². The van der Waals surface area contributed by atoms with Crippen LogP contribution in [0.3, 0.4) is 0 Å². The van der Waals surface area contributed by atoms with E-state index < -0.39 is 0 Å². The van der Waals surface area contributed by atoms with Crippen LogP contribution in [0, 0.1) is 5.41 Å². The summed E-state index contributed by atoms with van der Waals surface area (Å²) in [6, 6.07) is 43.2. The fraction of sp³-hybridized carbons (Fsp3) is 0.0286. The minimum absolute atomic E-state index is 0.402. The Morgan fingerprint density at radius 3 is 1.95 bits per heavy atom. The third-order valence-corrected chi connectivity index (χ3v) is 7.21. The first-order valence-electron chi connectivity index (χ1n) is 13.0. The van der Waals surface area contributed by atoms with Crippen molar-refractivity contribution in [1.29, 1.82) is 5.41 Å². The molecule has 4 nitrogen and oxygen atoms in total. The molecule has 0 saturated heterocycles. The van der Waals surface area contributed by atoms with Crippen molar-refractivity contribution in [3.63, 3.8) is 0 Å². The van der Waals surface area contributed by atoms with Gasteiger partial charge in [-0.15, -0.1) is 0 Å². The molecule has 0 saturated carbocycles. The number of nitrogens with zero attached hydrogens (tertiary/aromatic N) is 1. The Bertz CT molecular complexity index is 1940. The van der Waals surface area contributed by atoms with Crippen LogP contribution in [-0.4, -0.2) is 10.8 Å². The number of fused-ring (bicyclic) bond motifs is 4. The van der Waals surface area contributed by atoms with Crippen LogP contribution in [0.5, 0.6) is 0 Å². The van der Waals surface area contributed by atoms with Crippen LogP contribution in [0.1, 0.15) is 11.1 Å². The lowest BCUT2D eigenvalue weighted by molar-refractivity contribution is 0.620. The van der Waals surface area contributed by atoms with Crippen LogP contribution in [-0.2, 0) is 6.54 Å². The van der Waals surface area contributed by atoms with Crippen molar-refractivity contribution in [1.82, 2.24) is 10.3 Å². The number of oxazole rings is 1. The fourth-order valence-corrected chi connectivity index (χ4v) is 5.35. The van der Waals surface area contributed by atoms with Crippen LogP contribution in [0.4, 0.5) is 0 Å². The van der Waals surface area contributed by atoms with E-state index in [2.05, 4.69) is 89.2 Å². The average molecular weight is 504 g/mol. The molecule has 0 aliphatic rings. The second-order valence-electron chi connectivity index (χ2n) is 9.62. The van der Waals surface area contributed by atoms with Crippen molar-refractivity contribution in [2.75, 3.05) is 0 Å². The molecule has 186 valence electrons. The molecule has 7 rings (SSSR count). The monoisotopic (exact) mass is 503 g/mol. The molecule has 0 bridgehead atoms. The van der Waals surface area contributed by atoms with Gasteiger partial charge in [-0.25, -0.2) is 4.98 Å². The number of rotatable bonds is 5. The number of aromatic nitrogens is 1. The minimum atomic E-state index is 0.402. The first kappa shape index (κ1) is 22.9. The van der Waals surface area contributed by atoms with E-state index in [0.29, 0.717) is 18.3 Å². The van der Waals surface area contributed by atoms with Gasteiger partial charge in [-0.3, -0.25) is 5.41 Å². The van der Waals surface area contributed by atoms with Crippen molar-refractivity contribution in [3.05, 3.63) is 139 Å². The van der Waals surface area contributed by atoms with Gasteiger partial charge in [-0.2, -0.15) is 0 Å². The van der Waals surface area contributed by atoms with Crippen molar-refractivity contribution in [2.24, 2.45) is 0 Å². The summed E-state index contributed by atoms with van der Waals surface area (Å²) in [5, 5.41) is 17.1.